The Morgan fingerprint density at radius 1 is 1.47 bits per heavy atom. The molecule has 2 N–H and O–H groups in total. The van der Waals surface area contributed by atoms with E-state index in [4.69, 9.17) is 17.3 Å². The quantitative estimate of drug-likeness (QED) is 0.908. The number of piperidine rings is 1. The molecule has 2 rings (SSSR count). The smallest absolute Gasteiger partial charge is 0.244 e. The van der Waals surface area contributed by atoms with E-state index in [9.17, 15) is 8.42 Å². The third-order valence-electron chi connectivity index (χ3n) is 3.53. The number of pyridine rings is 1. The first-order valence-corrected chi connectivity index (χ1v) is 8.07. The van der Waals surface area contributed by atoms with E-state index in [0.717, 1.165) is 12.8 Å². The number of nitrogen functional groups attached to an aromatic ring is 1. The van der Waals surface area contributed by atoms with Crippen molar-refractivity contribution in [1.82, 2.24) is 9.29 Å². The minimum absolute atomic E-state index is 0.00919. The van der Waals surface area contributed by atoms with E-state index in [-0.39, 0.29) is 21.8 Å². The summed E-state index contributed by atoms with van der Waals surface area (Å²) in [6.07, 6.45) is 3.01. The van der Waals surface area contributed by atoms with Gasteiger partial charge in [-0.2, -0.15) is 4.31 Å². The third-order valence-corrected chi connectivity index (χ3v) is 5.81. The summed E-state index contributed by atoms with van der Waals surface area (Å²) in [4.78, 5) is 3.92. The molecule has 1 aliphatic rings. The van der Waals surface area contributed by atoms with Crippen LogP contribution in [0.15, 0.2) is 17.2 Å². The van der Waals surface area contributed by atoms with Crippen LogP contribution in [0, 0.1) is 5.92 Å². The van der Waals surface area contributed by atoms with Gasteiger partial charge in [0, 0.05) is 18.8 Å². The first kappa shape index (κ1) is 14.6. The molecule has 0 aromatic carbocycles. The molecule has 0 aliphatic carbocycles. The summed E-state index contributed by atoms with van der Waals surface area (Å²) < 4.78 is 26.6. The van der Waals surface area contributed by atoms with Gasteiger partial charge in [0.2, 0.25) is 10.0 Å². The Bertz CT molecular complexity index is 576. The average Bonchev–Trinajstić information content (AvgIpc) is 2.32. The van der Waals surface area contributed by atoms with Crippen LogP contribution in [0.3, 0.4) is 0 Å². The van der Waals surface area contributed by atoms with Crippen molar-refractivity contribution >= 4 is 27.4 Å². The SMILES string of the molecule is CC1CCN(S(=O)(=O)c2cnc(N)c(Cl)c2)C(C)C1. The fraction of sp³-hybridized carbons (Fsp3) is 0.583. The topological polar surface area (TPSA) is 76.3 Å². The Morgan fingerprint density at radius 2 is 2.16 bits per heavy atom. The lowest BCUT2D eigenvalue weighted by Gasteiger charge is -2.35. The van der Waals surface area contributed by atoms with Crippen molar-refractivity contribution in [1.29, 1.82) is 0 Å². The van der Waals surface area contributed by atoms with E-state index >= 15 is 0 Å². The molecule has 1 aromatic heterocycles. The molecular formula is C12H18ClN3O2S. The number of nitrogens with zero attached hydrogens (tertiary/aromatic N) is 2. The second-order valence-corrected chi connectivity index (χ2v) is 7.43. The zero-order valence-electron chi connectivity index (χ0n) is 11.0. The summed E-state index contributed by atoms with van der Waals surface area (Å²) in [5, 5.41) is 0.166. The van der Waals surface area contributed by atoms with E-state index in [1.807, 2.05) is 6.92 Å². The van der Waals surface area contributed by atoms with Crippen molar-refractivity contribution in [3.63, 3.8) is 0 Å². The average molecular weight is 304 g/mol. The molecule has 19 heavy (non-hydrogen) atoms. The van der Waals surface area contributed by atoms with Gasteiger partial charge in [-0.3, -0.25) is 0 Å². The number of nitrogens with two attached hydrogens (primary N) is 1. The molecule has 1 fully saturated rings. The fourth-order valence-electron chi connectivity index (χ4n) is 2.45. The predicted molar refractivity (Wildman–Crippen MR) is 75.4 cm³/mol. The largest absolute Gasteiger partial charge is 0.382 e. The van der Waals surface area contributed by atoms with Crippen LogP contribution in [-0.4, -0.2) is 30.3 Å². The van der Waals surface area contributed by atoms with Crippen LogP contribution < -0.4 is 5.73 Å². The van der Waals surface area contributed by atoms with Gasteiger partial charge in [0.15, 0.2) is 0 Å². The van der Waals surface area contributed by atoms with Gasteiger partial charge in [0.1, 0.15) is 10.7 Å². The molecule has 2 heterocycles. The van der Waals surface area contributed by atoms with Gasteiger partial charge < -0.3 is 5.73 Å². The molecule has 2 atom stereocenters. The summed E-state index contributed by atoms with van der Waals surface area (Å²) in [5.74, 6) is 0.690. The van der Waals surface area contributed by atoms with Gasteiger partial charge in [0.25, 0.3) is 0 Å². The van der Waals surface area contributed by atoms with Crippen LogP contribution in [0.25, 0.3) is 0 Å². The van der Waals surface area contributed by atoms with E-state index in [1.54, 1.807) is 0 Å². The lowest BCUT2D eigenvalue weighted by molar-refractivity contribution is 0.220. The van der Waals surface area contributed by atoms with E-state index < -0.39 is 10.0 Å². The molecular weight excluding hydrogens is 286 g/mol. The Balaban J connectivity index is 2.34. The maximum atomic E-state index is 12.6. The highest BCUT2D eigenvalue weighted by Gasteiger charge is 2.33. The van der Waals surface area contributed by atoms with E-state index in [2.05, 4.69) is 11.9 Å². The monoisotopic (exact) mass is 303 g/mol. The van der Waals surface area contributed by atoms with Crippen LogP contribution in [0.2, 0.25) is 5.02 Å². The number of hydrogen-bond donors (Lipinski definition) is 1. The molecule has 0 saturated carbocycles. The van der Waals surface area contributed by atoms with Crippen molar-refractivity contribution in [2.24, 2.45) is 5.92 Å². The van der Waals surface area contributed by atoms with Crippen molar-refractivity contribution in [3.05, 3.63) is 17.3 Å². The van der Waals surface area contributed by atoms with Crippen LogP contribution in [0.5, 0.6) is 0 Å². The van der Waals surface area contributed by atoms with Crippen molar-refractivity contribution in [3.8, 4) is 0 Å². The van der Waals surface area contributed by atoms with Gasteiger partial charge in [-0.25, -0.2) is 13.4 Å². The van der Waals surface area contributed by atoms with Gasteiger partial charge in [-0.15, -0.1) is 0 Å². The van der Waals surface area contributed by atoms with Gasteiger partial charge in [0.05, 0.1) is 5.02 Å². The second kappa shape index (κ2) is 5.26. The number of hydrogen-bond acceptors (Lipinski definition) is 4. The molecule has 7 heteroatoms. The third kappa shape index (κ3) is 2.85. The van der Waals surface area contributed by atoms with Gasteiger partial charge in [-0.05, 0) is 31.7 Å². The molecule has 1 aromatic rings. The summed E-state index contributed by atoms with van der Waals surface area (Å²) in [6, 6.07) is 1.36. The van der Waals surface area contributed by atoms with Crippen molar-refractivity contribution < 1.29 is 8.42 Å². The zero-order valence-corrected chi connectivity index (χ0v) is 12.6. The lowest BCUT2D eigenvalue weighted by Crippen LogP contribution is -2.44. The first-order chi connectivity index (χ1) is 8.82. The van der Waals surface area contributed by atoms with Crippen LogP contribution in [0.4, 0.5) is 5.82 Å². The Morgan fingerprint density at radius 3 is 2.74 bits per heavy atom. The molecule has 0 radical (unpaired) electrons. The Kier molecular flexibility index (Phi) is 4.03. The van der Waals surface area contributed by atoms with Crippen LogP contribution in [0.1, 0.15) is 26.7 Å². The summed E-state index contributed by atoms with van der Waals surface area (Å²) in [5.41, 5.74) is 5.50. The summed E-state index contributed by atoms with van der Waals surface area (Å²) >= 11 is 5.85. The number of halogens is 1. The van der Waals surface area contributed by atoms with Crippen LogP contribution >= 0.6 is 11.6 Å². The highest BCUT2D eigenvalue weighted by Crippen LogP contribution is 2.29. The number of rotatable bonds is 2. The molecule has 0 spiro atoms. The molecule has 0 amide bonds. The van der Waals surface area contributed by atoms with E-state index in [0.29, 0.717) is 12.5 Å². The highest BCUT2D eigenvalue weighted by molar-refractivity contribution is 7.89. The minimum Gasteiger partial charge on any atom is -0.382 e. The fourth-order valence-corrected chi connectivity index (χ4v) is 4.31. The van der Waals surface area contributed by atoms with Crippen LogP contribution in [-0.2, 0) is 10.0 Å². The zero-order chi connectivity index (χ0) is 14.2. The van der Waals surface area contributed by atoms with Crippen molar-refractivity contribution in [2.45, 2.75) is 37.6 Å². The lowest BCUT2D eigenvalue weighted by atomic mass is 9.95. The number of sulfonamides is 1. The molecule has 5 nitrogen and oxygen atoms in total. The summed E-state index contributed by atoms with van der Waals surface area (Å²) in [6.45, 7) is 4.61. The van der Waals surface area contributed by atoms with E-state index in [1.165, 1.54) is 16.6 Å². The summed E-state index contributed by atoms with van der Waals surface area (Å²) in [7, 11) is -3.54. The molecule has 1 saturated heterocycles. The maximum absolute atomic E-state index is 12.6. The number of anilines is 1. The first-order valence-electron chi connectivity index (χ1n) is 6.25. The maximum Gasteiger partial charge on any atom is 0.244 e. The van der Waals surface area contributed by atoms with Gasteiger partial charge >= 0.3 is 0 Å². The predicted octanol–water partition coefficient (Wildman–Crippen LogP) is 2.13. The minimum atomic E-state index is -3.54. The normalized spacial score (nSPS) is 25.4. The Hall–Kier alpha value is -0.850. The van der Waals surface area contributed by atoms with Gasteiger partial charge in [-0.1, -0.05) is 18.5 Å². The second-order valence-electron chi connectivity index (χ2n) is 5.13. The number of aromatic nitrogens is 1. The molecule has 106 valence electrons. The molecule has 1 aliphatic heterocycles. The van der Waals surface area contributed by atoms with Crippen molar-refractivity contribution in [2.75, 3.05) is 12.3 Å². The Labute approximate surface area is 118 Å². The molecule has 0 bridgehead atoms. The standard InChI is InChI=1S/C12H18ClN3O2S/c1-8-3-4-16(9(2)5-8)19(17,18)10-6-11(13)12(14)15-7-10/h6-9H,3-5H2,1-2H3,(H2,14,15). The molecule has 2 unspecified atom stereocenters. The highest BCUT2D eigenvalue weighted by atomic mass is 35.5.